The Hall–Kier alpha value is -1.37. The van der Waals surface area contributed by atoms with Crippen LogP contribution in [0.15, 0.2) is 17.5 Å². The number of carbonyl (C=O) groups excluding carboxylic acids is 1. The molecular formula is C13H11Cl2FN2O2S. The Labute approximate surface area is 134 Å². The van der Waals surface area contributed by atoms with Crippen molar-refractivity contribution in [3.8, 4) is 0 Å². The Morgan fingerprint density at radius 3 is 2.71 bits per heavy atom. The van der Waals surface area contributed by atoms with Crippen LogP contribution in [0.25, 0.3) is 0 Å². The van der Waals surface area contributed by atoms with Crippen LogP contribution in [0, 0.1) is 5.82 Å². The molecule has 8 heteroatoms. The van der Waals surface area contributed by atoms with Crippen LogP contribution >= 0.6 is 34.5 Å². The fourth-order valence-corrected chi connectivity index (χ4v) is 2.77. The minimum atomic E-state index is -0.661. The van der Waals surface area contributed by atoms with Crippen molar-refractivity contribution in [1.29, 1.82) is 0 Å². The van der Waals surface area contributed by atoms with Gasteiger partial charge in [0.05, 0.1) is 28.8 Å². The number of aromatic nitrogens is 1. The van der Waals surface area contributed by atoms with Crippen molar-refractivity contribution in [2.45, 2.75) is 13.3 Å². The van der Waals surface area contributed by atoms with Gasteiger partial charge in [-0.3, -0.25) is 4.79 Å². The summed E-state index contributed by atoms with van der Waals surface area (Å²) < 4.78 is 18.2. The molecule has 0 atom stereocenters. The number of hydrogen-bond acceptors (Lipinski definition) is 5. The van der Waals surface area contributed by atoms with Crippen LogP contribution in [-0.2, 0) is 16.0 Å². The zero-order valence-electron chi connectivity index (χ0n) is 11.0. The summed E-state index contributed by atoms with van der Waals surface area (Å²) in [6.07, 6.45) is 0.108. The fraction of sp³-hybridized carbons (Fsp3) is 0.231. The summed E-state index contributed by atoms with van der Waals surface area (Å²) in [4.78, 5) is 15.6. The van der Waals surface area contributed by atoms with Gasteiger partial charge in [-0.05, 0) is 19.1 Å². The molecule has 0 aliphatic heterocycles. The third-order valence-corrected chi connectivity index (χ3v) is 3.77. The first-order valence-electron chi connectivity index (χ1n) is 6.01. The molecule has 1 N–H and O–H groups in total. The van der Waals surface area contributed by atoms with Crippen LogP contribution in [0.1, 0.15) is 12.6 Å². The average Bonchev–Trinajstić information content (AvgIpc) is 2.83. The van der Waals surface area contributed by atoms with Gasteiger partial charge in [0.1, 0.15) is 0 Å². The highest BCUT2D eigenvalue weighted by Crippen LogP contribution is 2.30. The normalized spacial score (nSPS) is 10.5. The van der Waals surface area contributed by atoms with Gasteiger partial charge in [-0.15, -0.1) is 11.3 Å². The number of rotatable bonds is 5. The van der Waals surface area contributed by atoms with Crippen LogP contribution in [0.2, 0.25) is 10.0 Å². The number of benzene rings is 1. The summed E-state index contributed by atoms with van der Waals surface area (Å²) in [7, 11) is 0. The van der Waals surface area contributed by atoms with E-state index >= 15 is 0 Å². The summed E-state index contributed by atoms with van der Waals surface area (Å²) in [5, 5.41) is 5.10. The van der Waals surface area contributed by atoms with Gasteiger partial charge in [0, 0.05) is 11.1 Å². The minimum absolute atomic E-state index is 0.0756. The number of ether oxygens (including phenoxy) is 1. The third-order valence-electron chi connectivity index (χ3n) is 2.42. The van der Waals surface area contributed by atoms with Crippen molar-refractivity contribution in [2.75, 3.05) is 11.9 Å². The van der Waals surface area contributed by atoms with Crippen molar-refractivity contribution in [3.05, 3.63) is 39.1 Å². The van der Waals surface area contributed by atoms with Gasteiger partial charge in [-0.1, -0.05) is 23.2 Å². The van der Waals surface area contributed by atoms with Gasteiger partial charge >= 0.3 is 5.97 Å². The first-order valence-corrected chi connectivity index (χ1v) is 7.64. The summed E-state index contributed by atoms with van der Waals surface area (Å²) >= 11 is 12.7. The Balaban J connectivity index is 2.07. The highest BCUT2D eigenvalue weighted by atomic mass is 35.5. The van der Waals surface area contributed by atoms with Crippen molar-refractivity contribution >= 4 is 51.3 Å². The third kappa shape index (κ3) is 4.30. The second-order valence-electron chi connectivity index (χ2n) is 4.00. The number of carbonyl (C=O) groups is 1. The molecule has 0 radical (unpaired) electrons. The molecular weight excluding hydrogens is 338 g/mol. The smallest absolute Gasteiger partial charge is 0.311 e. The van der Waals surface area contributed by atoms with E-state index in [-0.39, 0.29) is 22.4 Å². The molecule has 0 aliphatic carbocycles. The van der Waals surface area contributed by atoms with E-state index in [1.807, 2.05) is 0 Å². The van der Waals surface area contributed by atoms with Crippen molar-refractivity contribution < 1.29 is 13.9 Å². The number of thiazole rings is 1. The van der Waals surface area contributed by atoms with E-state index in [0.717, 1.165) is 0 Å². The summed E-state index contributed by atoms with van der Waals surface area (Å²) in [5.41, 5.74) is 1.11. The lowest BCUT2D eigenvalue weighted by Crippen LogP contribution is -2.07. The van der Waals surface area contributed by atoms with Gasteiger partial charge < -0.3 is 10.1 Å². The number of nitrogens with one attached hydrogen (secondary N) is 1. The lowest BCUT2D eigenvalue weighted by Gasteiger charge is -2.05. The molecule has 1 heterocycles. The Kier molecular flexibility index (Phi) is 5.39. The standard InChI is InChI=1S/C13H11Cl2FN2O2S/c1-2-20-11(19)5-8-6-21-13(18-8)17-7-3-9(14)12(16)10(15)4-7/h3-4,6H,2,5H2,1H3,(H,17,18). The molecule has 1 aromatic heterocycles. The van der Waals surface area contributed by atoms with E-state index in [1.165, 1.54) is 23.5 Å². The molecule has 2 rings (SSSR count). The quantitative estimate of drug-likeness (QED) is 0.641. The van der Waals surface area contributed by atoms with E-state index in [2.05, 4.69) is 10.3 Å². The number of anilines is 2. The second kappa shape index (κ2) is 7.06. The van der Waals surface area contributed by atoms with E-state index in [9.17, 15) is 9.18 Å². The molecule has 0 saturated heterocycles. The Morgan fingerprint density at radius 1 is 1.43 bits per heavy atom. The number of halogens is 3. The van der Waals surface area contributed by atoms with E-state index in [4.69, 9.17) is 27.9 Å². The van der Waals surface area contributed by atoms with Crippen LogP contribution in [0.3, 0.4) is 0 Å². The first-order chi connectivity index (χ1) is 9.99. The minimum Gasteiger partial charge on any atom is -0.466 e. The highest BCUT2D eigenvalue weighted by Gasteiger charge is 2.11. The predicted octanol–water partition coefficient (Wildman–Crippen LogP) is 4.44. The largest absolute Gasteiger partial charge is 0.466 e. The van der Waals surface area contributed by atoms with Crippen LogP contribution in [-0.4, -0.2) is 17.6 Å². The zero-order chi connectivity index (χ0) is 15.4. The van der Waals surface area contributed by atoms with Gasteiger partial charge in [-0.2, -0.15) is 0 Å². The lowest BCUT2D eigenvalue weighted by molar-refractivity contribution is -0.142. The SMILES string of the molecule is CCOC(=O)Cc1csc(Nc2cc(Cl)c(F)c(Cl)c2)n1. The summed E-state index contributed by atoms with van der Waals surface area (Å²) in [6, 6.07) is 2.82. The van der Waals surface area contributed by atoms with E-state index in [0.29, 0.717) is 23.1 Å². The van der Waals surface area contributed by atoms with Crippen molar-refractivity contribution in [1.82, 2.24) is 4.98 Å². The monoisotopic (exact) mass is 348 g/mol. The molecule has 2 aromatic rings. The van der Waals surface area contributed by atoms with Gasteiger partial charge in [0.25, 0.3) is 0 Å². The molecule has 0 aliphatic rings. The molecule has 0 amide bonds. The van der Waals surface area contributed by atoms with Gasteiger partial charge in [-0.25, -0.2) is 9.37 Å². The highest BCUT2D eigenvalue weighted by molar-refractivity contribution is 7.13. The molecule has 0 fully saturated rings. The number of esters is 1. The van der Waals surface area contributed by atoms with Crippen LogP contribution in [0.5, 0.6) is 0 Å². The van der Waals surface area contributed by atoms with E-state index in [1.54, 1.807) is 12.3 Å². The van der Waals surface area contributed by atoms with E-state index < -0.39 is 5.82 Å². The average molecular weight is 349 g/mol. The maximum absolute atomic E-state index is 13.3. The molecule has 21 heavy (non-hydrogen) atoms. The van der Waals surface area contributed by atoms with Crippen LogP contribution in [0.4, 0.5) is 15.2 Å². The summed E-state index contributed by atoms with van der Waals surface area (Å²) in [5.74, 6) is -0.992. The molecule has 4 nitrogen and oxygen atoms in total. The molecule has 0 bridgehead atoms. The first kappa shape index (κ1) is 16.0. The summed E-state index contributed by atoms with van der Waals surface area (Å²) in [6.45, 7) is 2.08. The fourth-order valence-electron chi connectivity index (χ4n) is 1.56. The lowest BCUT2D eigenvalue weighted by atomic mass is 10.3. The van der Waals surface area contributed by atoms with Crippen LogP contribution < -0.4 is 5.32 Å². The molecule has 0 spiro atoms. The van der Waals surface area contributed by atoms with Crippen molar-refractivity contribution in [3.63, 3.8) is 0 Å². The van der Waals surface area contributed by atoms with Gasteiger partial charge in [0.2, 0.25) is 0 Å². The Morgan fingerprint density at radius 2 is 2.10 bits per heavy atom. The molecule has 1 aromatic carbocycles. The zero-order valence-corrected chi connectivity index (χ0v) is 13.3. The predicted molar refractivity (Wildman–Crippen MR) is 82.2 cm³/mol. The number of nitrogens with zero attached hydrogens (tertiary/aromatic N) is 1. The molecule has 0 unspecified atom stereocenters. The molecule has 0 saturated carbocycles. The molecule has 112 valence electrons. The second-order valence-corrected chi connectivity index (χ2v) is 5.68. The number of hydrogen-bond donors (Lipinski definition) is 1. The maximum atomic E-state index is 13.3. The van der Waals surface area contributed by atoms with Gasteiger partial charge in [0.15, 0.2) is 10.9 Å². The van der Waals surface area contributed by atoms with Crippen molar-refractivity contribution in [2.24, 2.45) is 0 Å². The maximum Gasteiger partial charge on any atom is 0.311 e. The Bertz CT molecular complexity index is 640. The topological polar surface area (TPSA) is 51.2 Å².